The van der Waals surface area contributed by atoms with Gasteiger partial charge in [-0.25, -0.2) is 8.42 Å². The van der Waals surface area contributed by atoms with Crippen LogP contribution in [0.3, 0.4) is 0 Å². The Bertz CT molecular complexity index is 796. The van der Waals surface area contributed by atoms with Gasteiger partial charge in [-0.1, -0.05) is 19.1 Å². The Morgan fingerprint density at radius 3 is 2.43 bits per heavy atom. The molecule has 0 bridgehead atoms. The molecule has 30 heavy (non-hydrogen) atoms. The molecule has 1 N–H and O–H groups in total. The molecule has 1 saturated heterocycles. The van der Waals surface area contributed by atoms with E-state index < -0.39 is 15.6 Å². The minimum absolute atomic E-state index is 0.137. The Balaban J connectivity index is 1.33. The first-order valence-electron chi connectivity index (χ1n) is 11.4. The average Bonchev–Trinajstić information content (AvgIpc) is 2.72. The average molecular weight is 436 g/mol. The summed E-state index contributed by atoms with van der Waals surface area (Å²) in [7, 11) is -3.25. The van der Waals surface area contributed by atoms with Gasteiger partial charge in [-0.15, -0.1) is 0 Å². The number of nitrogens with one attached hydrogen (secondary N) is 1. The zero-order valence-corrected chi connectivity index (χ0v) is 19.3. The summed E-state index contributed by atoms with van der Waals surface area (Å²) in [5.41, 5.74) is 2.75. The van der Waals surface area contributed by atoms with Gasteiger partial charge >= 0.3 is 0 Å². The molecule has 1 aliphatic carbocycles. The SMILES string of the molecule is CCc1cccc(N2CCN(CCC3CCC(NC(=O)CS(C)(=O)=O)CC3)CC2)c1. The van der Waals surface area contributed by atoms with Crippen molar-refractivity contribution in [2.75, 3.05) is 49.6 Å². The third-order valence-electron chi connectivity index (χ3n) is 6.51. The highest BCUT2D eigenvalue weighted by atomic mass is 32.2. The number of benzene rings is 1. The second-order valence-corrected chi connectivity index (χ2v) is 11.1. The van der Waals surface area contributed by atoms with Gasteiger partial charge in [0, 0.05) is 44.2 Å². The molecule has 1 aromatic carbocycles. The van der Waals surface area contributed by atoms with Gasteiger partial charge < -0.3 is 10.2 Å². The molecule has 0 unspecified atom stereocenters. The van der Waals surface area contributed by atoms with Crippen molar-refractivity contribution in [2.24, 2.45) is 5.92 Å². The van der Waals surface area contributed by atoms with Crippen LogP contribution in [0.1, 0.15) is 44.6 Å². The van der Waals surface area contributed by atoms with E-state index in [1.807, 2.05) is 0 Å². The first kappa shape index (κ1) is 23.1. The number of sulfone groups is 1. The number of carbonyl (C=O) groups excluding carboxylic acids is 1. The fraction of sp³-hybridized carbons (Fsp3) is 0.696. The van der Waals surface area contributed by atoms with Crippen LogP contribution in [0.25, 0.3) is 0 Å². The van der Waals surface area contributed by atoms with Crippen LogP contribution in [-0.2, 0) is 21.1 Å². The second-order valence-electron chi connectivity index (χ2n) is 9.00. The summed E-state index contributed by atoms with van der Waals surface area (Å²) in [5.74, 6) is -0.0441. The largest absolute Gasteiger partial charge is 0.369 e. The lowest BCUT2D eigenvalue weighted by molar-refractivity contribution is -0.119. The van der Waals surface area contributed by atoms with E-state index in [1.165, 1.54) is 17.7 Å². The number of amides is 1. The first-order valence-corrected chi connectivity index (χ1v) is 13.4. The van der Waals surface area contributed by atoms with E-state index in [-0.39, 0.29) is 11.9 Å². The summed E-state index contributed by atoms with van der Waals surface area (Å²) in [6, 6.07) is 9.05. The predicted octanol–water partition coefficient (Wildman–Crippen LogP) is 2.48. The third-order valence-corrected chi connectivity index (χ3v) is 7.30. The molecular weight excluding hydrogens is 398 g/mol. The number of anilines is 1. The summed E-state index contributed by atoms with van der Waals surface area (Å²) in [4.78, 5) is 16.9. The van der Waals surface area contributed by atoms with Crippen molar-refractivity contribution in [1.29, 1.82) is 0 Å². The van der Waals surface area contributed by atoms with Crippen molar-refractivity contribution < 1.29 is 13.2 Å². The molecule has 1 aromatic rings. The molecular formula is C23H37N3O3S. The van der Waals surface area contributed by atoms with Crippen LogP contribution < -0.4 is 10.2 Å². The highest BCUT2D eigenvalue weighted by Gasteiger charge is 2.24. The van der Waals surface area contributed by atoms with Crippen LogP contribution in [0.5, 0.6) is 0 Å². The zero-order chi connectivity index (χ0) is 21.6. The summed E-state index contributed by atoms with van der Waals surface area (Å²) in [5, 5.41) is 2.90. The van der Waals surface area contributed by atoms with E-state index in [2.05, 4.69) is 46.3 Å². The molecule has 1 amide bonds. The zero-order valence-electron chi connectivity index (χ0n) is 18.5. The molecule has 0 radical (unpaired) electrons. The van der Waals surface area contributed by atoms with Gasteiger partial charge in [0.15, 0.2) is 9.84 Å². The molecule has 1 aliphatic heterocycles. The number of carbonyl (C=O) groups is 1. The lowest BCUT2D eigenvalue weighted by Gasteiger charge is -2.37. The van der Waals surface area contributed by atoms with Crippen molar-refractivity contribution in [2.45, 2.75) is 51.5 Å². The van der Waals surface area contributed by atoms with E-state index in [4.69, 9.17) is 0 Å². The van der Waals surface area contributed by atoms with Crippen LogP contribution in [0.2, 0.25) is 0 Å². The molecule has 3 rings (SSSR count). The van der Waals surface area contributed by atoms with E-state index in [0.717, 1.165) is 71.1 Å². The number of rotatable bonds is 8. The lowest BCUT2D eigenvalue weighted by atomic mass is 9.84. The third kappa shape index (κ3) is 7.27. The summed E-state index contributed by atoms with van der Waals surface area (Å²) >= 11 is 0. The molecule has 2 fully saturated rings. The minimum atomic E-state index is -3.25. The summed E-state index contributed by atoms with van der Waals surface area (Å²) in [6.45, 7) is 7.77. The molecule has 0 aromatic heterocycles. The normalized spacial score (nSPS) is 23.3. The van der Waals surface area contributed by atoms with Crippen LogP contribution in [0.15, 0.2) is 24.3 Å². The van der Waals surface area contributed by atoms with Gasteiger partial charge in [0.05, 0.1) is 0 Å². The maximum Gasteiger partial charge on any atom is 0.235 e. The fourth-order valence-corrected chi connectivity index (χ4v) is 5.23. The molecule has 7 heteroatoms. The molecule has 1 heterocycles. The minimum Gasteiger partial charge on any atom is -0.369 e. The van der Waals surface area contributed by atoms with Crippen molar-refractivity contribution >= 4 is 21.4 Å². The fourth-order valence-electron chi connectivity index (χ4n) is 4.67. The van der Waals surface area contributed by atoms with Crippen LogP contribution in [0, 0.1) is 5.92 Å². The van der Waals surface area contributed by atoms with E-state index in [9.17, 15) is 13.2 Å². The Morgan fingerprint density at radius 2 is 1.80 bits per heavy atom. The summed E-state index contributed by atoms with van der Waals surface area (Å²) < 4.78 is 22.5. The second kappa shape index (κ2) is 10.6. The van der Waals surface area contributed by atoms with Gasteiger partial charge in [-0.2, -0.15) is 0 Å². The molecule has 168 valence electrons. The smallest absolute Gasteiger partial charge is 0.235 e. The quantitative estimate of drug-likeness (QED) is 0.679. The van der Waals surface area contributed by atoms with E-state index in [1.54, 1.807) is 0 Å². The maximum atomic E-state index is 11.8. The number of aryl methyl sites for hydroxylation is 1. The Morgan fingerprint density at radius 1 is 1.10 bits per heavy atom. The predicted molar refractivity (Wildman–Crippen MR) is 123 cm³/mol. The van der Waals surface area contributed by atoms with Crippen molar-refractivity contribution in [3.8, 4) is 0 Å². The van der Waals surface area contributed by atoms with Gasteiger partial charge in [0.2, 0.25) is 5.91 Å². The molecule has 1 saturated carbocycles. The van der Waals surface area contributed by atoms with Gasteiger partial charge in [0.1, 0.15) is 5.75 Å². The van der Waals surface area contributed by atoms with Crippen molar-refractivity contribution in [3.63, 3.8) is 0 Å². The van der Waals surface area contributed by atoms with Crippen molar-refractivity contribution in [1.82, 2.24) is 10.2 Å². The maximum absolute atomic E-state index is 11.8. The monoisotopic (exact) mass is 435 g/mol. The number of piperazine rings is 1. The highest BCUT2D eigenvalue weighted by Crippen LogP contribution is 2.27. The Labute approximate surface area is 181 Å². The van der Waals surface area contributed by atoms with E-state index >= 15 is 0 Å². The standard InChI is InChI=1S/C23H37N3O3S/c1-3-19-5-4-6-22(17-19)26-15-13-25(14-16-26)12-11-20-7-9-21(10-8-20)24-23(27)18-30(2,28)29/h4-6,17,20-21H,3,7-16,18H2,1-2H3,(H,24,27). The van der Waals surface area contributed by atoms with Crippen molar-refractivity contribution in [3.05, 3.63) is 29.8 Å². The first-order chi connectivity index (χ1) is 14.3. The highest BCUT2D eigenvalue weighted by molar-refractivity contribution is 7.91. The van der Waals surface area contributed by atoms with Gasteiger partial charge in [0.25, 0.3) is 0 Å². The van der Waals surface area contributed by atoms with Crippen LogP contribution >= 0.6 is 0 Å². The Kier molecular flexibility index (Phi) is 8.17. The molecule has 0 spiro atoms. The number of hydrogen-bond donors (Lipinski definition) is 1. The van der Waals surface area contributed by atoms with Crippen LogP contribution in [0.4, 0.5) is 5.69 Å². The number of hydrogen-bond acceptors (Lipinski definition) is 5. The number of nitrogens with zero attached hydrogens (tertiary/aromatic N) is 2. The summed E-state index contributed by atoms with van der Waals surface area (Å²) in [6.07, 6.45) is 7.56. The van der Waals surface area contributed by atoms with Gasteiger partial charge in [-0.05, 0) is 68.7 Å². The topological polar surface area (TPSA) is 69.7 Å². The van der Waals surface area contributed by atoms with E-state index in [0.29, 0.717) is 5.92 Å². The molecule has 2 aliphatic rings. The molecule has 6 nitrogen and oxygen atoms in total. The molecule has 0 atom stereocenters. The van der Waals surface area contributed by atoms with Crippen LogP contribution in [-0.4, -0.2) is 70.0 Å². The lowest BCUT2D eigenvalue weighted by Crippen LogP contribution is -2.47. The van der Waals surface area contributed by atoms with Gasteiger partial charge in [-0.3, -0.25) is 9.69 Å². The Hall–Kier alpha value is -1.60.